The number of hydrogen-bond acceptors (Lipinski definition) is 18. The van der Waals surface area contributed by atoms with Crippen molar-refractivity contribution in [2.45, 2.75) is 227 Å². The van der Waals surface area contributed by atoms with Crippen molar-refractivity contribution in [3.8, 4) is 0 Å². The Morgan fingerprint density at radius 3 is 1.52 bits per heavy atom. The zero-order valence-electron chi connectivity index (χ0n) is 36.6. The van der Waals surface area contributed by atoms with Gasteiger partial charge >= 0.3 is 0 Å². The van der Waals surface area contributed by atoms with Crippen LogP contribution in [0.15, 0.2) is 12.2 Å². The average Bonchev–Trinajstić information content (AvgIpc) is 3.26. The Morgan fingerprint density at radius 2 is 1.00 bits per heavy atom. The van der Waals surface area contributed by atoms with Gasteiger partial charge in [0, 0.05) is 6.42 Å². The lowest BCUT2D eigenvalue weighted by molar-refractivity contribution is -0.379. The van der Waals surface area contributed by atoms with Gasteiger partial charge in [-0.05, 0) is 19.3 Å². The van der Waals surface area contributed by atoms with Crippen LogP contribution in [0.3, 0.4) is 0 Å². The smallest absolute Gasteiger partial charge is 0.220 e. The third-order valence-electron chi connectivity index (χ3n) is 11.8. The van der Waals surface area contributed by atoms with Gasteiger partial charge in [-0.2, -0.15) is 0 Å². The van der Waals surface area contributed by atoms with E-state index in [1.807, 2.05) is 6.08 Å². The first-order valence-corrected chi connectivity index (χ1v) is 22.9. The maximum atomic E-state index is 13.1. The highest BCUT2D eigenvalue weighted by molar-refractivity contribution is 5.76. The Balaban J connectivity index is 1.60. The molecule has 364 valence electrons. The van der Waals surface area contributed by atoms with Crippen molar-refractivity contribution in [3.05, 3.63) is 12.2 Å². The summed E-state index contributed by atoms with van der Waals surface area (Å²) in [6, 6.07) is -0.961. The number of carbonyl (C=O) groups is 1. The first-order chi connectivity index (χ1) is 29.8. The monoisotopic (exact) mass is 898 g/mol. The van der Waals surface area contributed by atoms with Crippen molar-refractivity contribution in [1.82, 2.24) is 5.32 Å². The number of aliphatic hydroxyl groups excluding tert-OH is 11. The number of carbonyl (C=O) groups excluding carboxylic acids is 1. The average molecular weight is 898 g/mol. The van der Waals surface area contributed by atoms with Crippen LogP contribution >= 0.6 is 0 Å². The molecular weight excluding hydrogens is 818 g/mol. The summed E-state index contributed by atoms with van der Waals surface area (Å²) >= 11 is 0. The molecule has 3 heterocycles. The van der Waals surface area contributed by atoms with E-state index in [0.29, 0.717) is 6.42 Å². The van der Waals surface area contributed by atoms with E-state index in [0.717, 1.165) is 57.8 Å². The first kappa shape index (κ1) is 54.9. The molecule has 3 fully saturated rings. The molecule has 19 heteroatoms. The van der Waals surface area contributed by atoms with Crippen molar-refractivity contribution < 1.29 is 89.4 Å². The third-order valence-corrected chi connectivity index (χ3v) is 11.8. The van der Waals surface area contributed by atoms with Gasteiger partial charge in [-0.15, -0.1) is 0 Å². The summed E-state index contributed by atoms with van der Waals surface area (Å²) in [4.78, 5) is 13.1. The third kappa shape index (κ3) is 17.1. The summed E-state index contributed by atoms with van der Waals surface area (Å²) < 4.78 is 33.9. The van der Waals surface area contributed by atoms with Crippen molar-refractivity contribution in [2.24, 2.45) is 0 Å². The van der Waals surface area contributed by atoms with E-state index in [4.69, 9.17) is 28.4 Å². The van der Waals surface area contributed by atoms with Crippen LogP contribution in [0.25, 0.3) is 0 Å². The number of amides is 1. The van der Waals surface area contributed by atoms with Gasteiger partial charge in [-0.3, -0.25) is 4.79 Å². The Hall–Kier alpha value is -1.47. The van der Waals surface area contributed by atoms with E-state index < -0.39 is 124 Å². The number of nitrogens with one attached hydrogen (secondary N) is 1. The summed E-state index contributed by atoms with van der Waals surface area (Å²) in [5, 5.41) is 119. The fraction of sp³-hybridized carbons (Fsp3) is 0.930. The molecule has 12 N–H and O–H groups in total. The molecule has 0 bridgehead atoms. The van der Waals surface area contributed by atoms with E-state index in [9.17, 15) is 61.0 Å². The van der Waals surface area contributed by atoms with Crippen molar-refractivity contribution in [2.75, 3.05) is 26.4 Å². The summed E-state index contributed by atoms with van der Waals surface area (Å²) in [5.41, 5.74) is 0. The van der Waals surface area contributed by atoms with E-state index in [-0.39, 0.29) is 18.9 Å². The van der Waals surface area contributed by atoms with Gasteiger partial charge in [-0.25, -0.2) is 0 Å². The van der Waals surface area contributed by atoms with Gasteiger partial charge in [0.1, 0.15) is 73.2 Å². The summed E-state index contributed by atoms with van der Waals surface area (Å²) in [7, 11) is 0. The molecule has 19 nitrogen and oxygen atoms in total. The van der Waals surface area contributed by atoms with E-state index >= 15 is 0 Å². The minimum absolute atomic E-state index is 0.245. The van der Waals surface area contributed by atoms with Gasteiger partial charge in [0.2, 0.25) is 5.91 Å². The predicted molar refractivity (Wildman–Crippen MR) is 222 cm³/mol. The van der Waals surface area contributed by atoms with E-state index in [1.165, 1.54) is 38.5 Å². The Bertz CT molecular complexity index is 1220. The number of allylic oxidation sites excluding steroid dienone is 1. The van der Waals surface area contributed by atoms with E-state index in [1.54, 1.807) is 6.08 Å². The molecule has 3 rings (SSSR count). The Labute approximate surface area is 365 Å². The lowest BCUT2D eigenvalue weighted by Crippen LogP contribution is -2.66. The molecule has 3 saturated heterocycles. The van der Waals surface area contributed by atoms with Gasteiger partial charge in [0.05, 0.1) is 38.6 Å². The number of hydrogen-bond donors (Lipinski definition) is 12. The summed E-state index contributed by atoms with van der Waals surface area (Å²) in [6.07, 6.45) is -5.80. The maximum absolute atomic E-state index is 13.1. The largest absolute Gasteiger partial charge is 0.394 e. The maximum Gasteiger partial charge on any atom is 0.220 e. The Morgan fingerprint density at radius 1 is 0.565 bits per heavy atom. The number of aliphatic hydroxyl groups is 11. The molecule has 3 aliphatic rings. The van der Waals surface area contributed by atoms with Crippen LogP contribution < -0.4 is 5.32 Å². The molecule has 0 aromatic rings. The lowest BCUT2D eigenvalue weighted by Gasteiger charge is -2.48. The van der Waals surface area contributed by atoms with Gasteiger partial charge in [0.15, 0.2) is 18.9 Å². The van der Waals surface area contributed by atoms with Gasteiger partial charge in [0.25, 0.3) is 0 Å². The van der Waals surface area contributed by atoms with Crippen LogP contribution in [0.2, 0.25) is 0 Å². The number of unbranched alkanes of at least 4 members (excludes halogenated alkanes) is 14. The molecule has 1 amide bonds. The van der Waals surface area contributed by atoms with Crippen LogP contribution in [0.4, 0.5) is 0 Å². The molecule has 3 aliphatic heterocycles. The van der Waals surface area contributed by atoms with Crippen molar-refractivity contribution in [1.29, 1.82) is 0 Å². The number of ether oxygens (including phenoxy) is 6. The molecule has 17 unspecified atom stereocenters. The van der Waals surface area contributed by atoms with E-state index in [2.05, 4.69) is 19.2 Å². The summed E-state index contributed by atoms with van der Waals surface area (Å²) in [6.45, 7) is 1.57. The van der Waals surface area contributed by atoms with Crippen LogP contribution in [0.1, 0.15) is 123 Å². The molecule has 0 radical (unpaired) electrons. The lowest BCUT2D eigenvalue weighted by atomic mass is 9.96. The van der Waals surface area contributed by atoms with Crippen LogP contribution in [-0.4, -0.2) is 193 Å². The van der Waals surface area contributed by atoms with Crippen molar-refractivity contribution in [3.63, 3.8) is 0 Å². The quantitative estimate of drug-likeness (QED) is 0.0320. The fourth-order valence-electron chi connectivity index (χ4n) is 7.89. The second-order valence-corrected chi connectivity index (χ2v) is 16.9. The zero-order valence-corrected chi connectivity index (χ0v) is 36.6. The van der Waals surface area contributed by atoms with Crippen LogP contribution in [0, 0.1) is 0 Å². The molecule has 0 aromatic carbocycles. The van der Waals surface area contributed by atoms with Crippen molar-refractivity contribution >= 4 is 5.91 Å². The SMILES string of the molecule is CCCCCCC/C=C/C(O)C(COC1OC(CO)C(OC2OC(CO)C(OC3OC(CO)C(O)C(O)C3O)C(O)C2O)C(O)C1O)NC(=O)CCCCCCCCCCCC. The Kier molecular flexibility index (Phi) is 26.5. The molecule has 17 atom stereocenters. The minimum Gasteiger partial charge on any atom is -0.394 e. The summed E-state index contributed by atoms with van der Waals surface area (Å²) in [5.74, 6) is -0.285. The second-order valence-electron chi connectivity index (χ2n) is 16.9. The standard InChI is InChI=1S/C43H79NO18/c1-3-5-7-9-11-12-13-15-17-19-21-31(49)44-26(27(48)20-18-16-14-10-8-6-4-2)25-57-41-37(55)34(52)39(29(23-46)59-41)62-43-38(56)35(53)40(30(24-47)60-43)61-42-36(54)33(51)32(50)28(22-45)58-42/h18,20,26-30,32-43,45-48,50-56H,3-17,19,21-25H2,1-2H3,(H,44,49)/b20-18+. The normalized spacial score (nSPS) is 35.3. The highest BCUT2D eigenvalue weighted by Crippen LogP contribution is 2.33. The van der Waals surface area contributed by atoms with Gasteiger partial charge in [-0.1, -0.05) is 109 Å². The van der Waals surface area contributed by atoms with Crippen LogP contribution in [-0.2, 0) is 33.2 Å². The second kappa shape index (κ2) is 29.9. The molecule has 0 saturated carbocycles. The molecule has 0 aliphatic carbocycles. The minimum atomic E-state index is -1.97. The molecule has 0 spiro atoms. The van der Waals surface area contributed by atoms with Gasteiger partial charge < -0.3 is 89.9 Å². The molecule has 62 heavy (non-hydrogen) atoms. The predicted octanol–water partition coefficient (Wildman–Crippen LogP) is -0.475. The highest BCUT2D eigenvalue weighted by atomic mass is 16.8. The topological polar surface area (TPSA) is 307 Å². The molecule has 0 aromatic heterocycles. The zero-order chi connectivity index (χ0) is 45.6. The number of rotatable bonds is 30. The fourth-order valence-corrected chi connectivity index (χ4v) is 7.89. The highest BCUT2D eigenvalue weighted by Gasteiger charge is 2.53. The molecular formula is C43H79NO18. The first-order valence-electron chi connectivity index (χ1n) is 22.9. The van der Waals surface area contributed by atoms with Crippen LogP contribution in [0.5, 0.6) is 0 Å².